The minimum atomic E-state index is -1.27. The topological polar surface area (TPSA) is 162 Å². The number of aromatic nitrogens is 2. The van der Waals surface area contributed by atoms with E-state index < -0.39 is 30.1 Å². The Bertz CT molecular complexity index is 1330. The Morgan fingerprint density at radius 3 is 2.37 bits per heavy atom. The molecule has 0 aliphatic heterocycles. The van der Waals surface area contributed by atoms with Crippen LogP contribution in [0.1, 0.15) is 116 Å². The molecular weight excluding hydrogens is 677 g/mol. The number of hydrogen-bond donors (Lipinski definition) is 4. The van der Waals surface area contributed by atoms with Crippen molar-refractivity contribution in [3.05, 3.63) is 41.2 Å². The molecule has 0 aromatic carbocycles. The minimum Gasteiger partial charge on any atom is -0.390 e. The van der Waals surface area contributed by atoms with E-state index in [1.54, 1.807) is 23.5 Å². The number of amides is 3. The van der Waals surface area contributed by atoms with Crippen LogP contribution < -0.4 is 11.1 Å². The maximum atomic E-state index is 15.0. The Balaban J connectivity index is 1.98. The molecule has 0 bridgehead atoms. The molecule has 3 amide bonds. The molecule has 12 heteroatoms. The molecule has 3 rings (SSSR count). The normalized spacial score (nSPS) is 16.0. The van der Waals surface area contributed by atoms with Crippen LogP contribution in [-0.4, -0.2) is 92.6 Å². The summed E-state index contributed by atoms with van der Waals surface area (Å²) in [6.45, 7) is 8.89. The van der Waals surface area contributed by atoms with Crippen molar-refractivity contribution in [1.82, 2.24) is 25.1 Å². The van der Waals surface area contributed by atoms with Crippen LogP contribution in [0.5, 0.6) is 0 Å². The van der Waals surface area contributed by atoms with Gasteiger partial charge in [-0.2, -0.15) is 0 Å². The van der Waals surface area contributed by atoms with Gasteiger partial charge in [-0.25, -0.2) is 4.98 Å². The highest BCUT2D eigenvalue weighted by Gasteiger charge is 2.40. The van der Waals surface area contributed by atoms with Crippen molar-refractivity contribution in [3.63, 3.8) is 0 Å². The molecule has 292 valence electrons. The van der Waals surface area contributed by atoms with Gasteiger partial charge in [-0.15, -0.1) is 11.3 Å². The lowest BCUT2D eigenvalue weighted by Crippen LogP contribution is -2.56. The molecule has 2 aromatic rings. The monoisotopic (exact) mass is 742 g/mol. The third-order valence-corrected chi connectivity index (χ3v) is 11.2. The Kier molecular flexibility index (Phi) is 19.0. The van der Waals surface area contributed by atoms with Crippen molar-refractivity contribution in [2.45, 2.75) is 136 Å². The molecule has 52 heavy (non-hydrogen) atoms. The highest BCUT2D eigenvalue weighted by molar-refractivity contribution is 7.13. The van der Waals surface area contributed by atoms with E-state index in [-0.39, 0.29) is 43.0 Å². The largest absolute Gasteiger partial charge is 0.390 e. The van der Waals surface area contributed by atoms with E-state index in [0.717, 1.165) is 63.5 Å². The highest BCUT2D eigenvalue weighted by atomic mass is 32.1. The summed E-state index contributed by atoms with van der Waals surface area (Å²) in [5, 5.41) is 28.5. The molecule has 11 nitrogen and oxygen atoms in total. The molecule has 1 aliphatic carbocycles. The number of nitrogens with zero attached hydrogens (tertiary/aromatic N) is 4. The van der Waals surface area contributed by atoms with E-state index in [1.807, 2.05) is 32.0 Å². The Hall–Kier alpha value is -3.09. The predicted octanol–water partition coefficient (Wildman–Crippen LogP) is 5.64. The molecule has 2 aromatic heterocycles. The van der Waals surface area contributed by atoms with Crippen LogP contribution in [-0.2, 0) is 27.2 Å². The number of aliphatic hydroxyl groups excluding tert-OH is 2. The summed E-state index contributed by atoms with van der Waals surface area (Å²) in [6.07, 6.45) is 10.1. The quantitative estimate of drug-likeness (QED) is 0.114. The van der Waals surface area contributed by atoms with Crippen molar-refractivity contribution in [2.24, 2.45) is 23.7 Å². The van der Waals surface area contributed by atoms with Crippen LogP contribution >= 0.6 is 11.3 Å². The zero-order valence-electron chi connectivity index (χ0n) is 32.3. The second-order valence-corrected chi connectivity index (χ2v) is 16.3. The van der Waals surface area contributed by atoms with Crippen LogP contribution in [0, 0.1) is 23.7 Å². The van der Waals surface area contributed by atoms with Gasteiger partial charge in [0.1, 0.15) is 12.6 Å². The van der Waals surface area contributed by atoms with Crippen LogP contribution in [0.3, 0.4) is 0 Å². The van der Waals surface area contributed by atoms with Crippen molar-refractivity contribution in [2.75, 3.05) is 32.4 Å². The van der Waals surface area contributed by atoms with Gasteiger partial charge in [-0.05, 0) is 55.6 Å². The summed E-state index contributed by atoms with van der Waals surface area (Å²) in [5.74, 6) is -1.07. The van der Waals surface area contributed by atoms with Gasteiger partial charge in [-0.1, -0.05) is 78.7 Å². The van der Waals surface area contributed by atoms with Crippen molar-refractivity contribution >= 4 is 34.2 Å². The number of pyridine rings is 1. The van der Waals surface area contributed by atoms with Crippen molar-refractivity contribution < 1.29 is 24.6 Å². The van der Waals surface area contributed by atoms with Crippen LogP contribution in [0.25, 0.3) is 0 Å². The van der Waals surface area contributed by atoms with Gasteiger partial charge in [0.05, 0.1) is 23.8 Å². The molecular formula is C40H66N6O5S. The summed E-state index contributed by atoms with van der Waals surface area (Å²) < 4.78 is 0. The number of anilines is 1. The molecule has 0 saturated heterocycles. The number of carbonyl (C=O) groups excluding carboxylic acids is 3. The van der Waals surface area contributed by atoms with Crippen molar-refractivity contribution in [3.8, 4) is 0 Å². The van der Waals surface area contributed by atoms with Gasteiger partial charge in [-0.3, -0.25) is 19.4 Å². The third-order valence-electron chi connectivity index (χ3n) is 10.4. The van der Waals surface area contributed by atoms with Crippen LogP contribution in [0.2, 0.25) is 0 Å². The number of aliphatic hydroxyl groups is 2. The second-order valence-electron chi connectivity index (χ2n) is 15.4. The van der Waals surface area contributed by atoms with Gasteiger partial charge in [0.15, 0.2) is 5.13 Å². The highest BCUT2D eigenvalue weighted by Crippen LogP contribution is 2.32. The Morgan fingerprint density at radius 1 is 1.06 bits per heavy atom. The fraction of sp³-hybridized carbons (Fsp3) is 0.725. The maximum absolute atomic E-state index is 15.0. The zero-order chi connectivity index (χ0) is 38.0. The van der Waals surface area contributed by atoms with Crippen molar-refractivity contribution in [1.29, 1.82) is 0 Å². The average molecular weight is 743 g/mol. The van der Waals surface area contributed by atoms with E-state index in [9.17, 15) is 19.8 Å². The van der Waals surface area contributed by atoms with E-state index in [0.29, 0.717) is 49.1 Å². The number of nitrogen functional groups attached to an aromatic ring is 1. The lowest BCUT2D eigenvalue weighted by atomic mass is 9.81. The van der Waals surface area contributed by atoms with Gasteiger partial charge >= 0.3 is 0 Å². The van der Waals surface area contributed by atoms with E-state index in [1.165, 1.54) is 16.2 Å². The summed E-state index contributed by atoms with van der Waals surface area (Å²) in [7, 11) is 1.71. The molecule has 1 fully saturated rings. The number of likely N-dealkylation sites (N-methyl/N-ethyl adjacent to an activating group) is 1. The maximum Gasteiger partial charge on any atom is 0.241 e. The fourth-order valence-electron chi connectivity index (χ4n) is 7.54. The molecule has 5 N–H and O–H groups in total. The predicted molar refractivity (Wildman–Crippen MR) is 208 cm³/mol. The van der Waals surface area contributed by atoms with Crippen LogP contribution in [0.4, 0.5) is 5.13 Å². The first-order valence-electron chi connectivity index (χ1n) is 19.7. The number of carbonyl (C=O) groups is 3. The number of hydrogen-bond acceptors (Lipinski definition) is 9. The zero-order valence-corrected chi connectivity index (χ0v) is 33.2. The number of nitrogens with two attached hydrogens (primary N) is 1. The van der Waals surface area contributed by atoms with Gasteiger partial charge in [0.2, 0.25) is 17.7 Å². The first-order chi connectivity index (χ1) is 24.9. The smallest absolute Gasteiger partial charge is 0.241 e. The molecule has 1 aliphatic rings. The Morgan fingerprint density at radius 2 is 1.77 bits per heavy atom. The fourth-order valence-corrected chi connectivity index (χ4v) is 8.12. The lowest BCUT2D eigenvalue weighted by molar-refractivity contribution is -0.151. The number of rotatable bonds is 23. The molecule has 2 heterocycles. The summed E-state index contributed by atoms with van der Waals surface area (Å²) >= 11 is 1.27. The van der Waals surface area contributed by atoms with Gasteiger partial charge in [0, 0.05) is 56.7 Å². The van der Waals surface area contributed by atoms with E-state index in [2.05, 4.69) is 29.1 Å². The number of nitrogens with one attached hydrogen (secondary N) is 1. The Labute approximate surface area is 316 Å². The molecule has 0 unspecified atom stereocenters. The summed E-state index contributed by atoms with van der Waals surface area (Å²) in [4.78, 5) is 54.5. The lowest BCUT2D eigenvalue weighted by Gasteiger charge is -2.41. The summed E-state index contributed by atoms with van der Waals surface area (Å²) in [5.41, 5.74) is 7.44. The summed E-state index contributed by atoms with van der Waals surface area (Å²) in [6, 6.07) is 4.85. The molecule has 1 saturated carbocycles. The van der Waals surface area contributed by atoms with E-state index in [4.69, 9.17) is 5.73 Å². The number of thiazole rings is 1. The SMILES string of the molecule is CCCC(CCC)CNC(=O)C[C@@H](Cc1csc(N)n1)C(=O)N(CC(=O)N(C)CCc1ccccn1)[C@@H](CC1CCCCC1)[C@@H](O)[C@@H](O)CC(C)C. The first kappa shape index (κ1) is 43.3. The van der Waals surface area contributed by atoms with E-state index >= 15 is 4.79 Å². The molecule has 4 atom stereocenters. The standard InChI is InChI=1S/C40H66N6O5S/c1-6-13-30(14-7-2)25-43-36(48)24-31(23-33-27-52-40(41)44-33)39(51)46(26-37(49)45(5)20-18-32-17-11-12-19-42-32)34(22-29-15-9-8-10-16-29)38(50)35(47)21-28(3)4/h11-12,17,19,27-31,34-35,38,47,50H,6-10,13-16,18,20-26H2,1-5H3,(H2,41,44)(H,43,48)/t31-,34+,35+,38-/m1/s1. The van der Waals surface area contributed by atoms with Gasteiger partial charge in [0.25, 0.3) is 0 Å². The van der Waals surface area contributed by atoms with Crippen LogP contribution in [0.15, 0.2) is 29.8 Å². The van der Waals surface area contributed by atoms with Gasteiger partial charge < -0.3 is 31.1 Å². The third kappa shape index (κ3) is 14.7. The average Bonchev–Trinajstić information content (AvgIpc) is 3.54. The first-order valence-corrected chi connectivity index (χ1v) is 20.6. The minimum absolute atomic E-state index is 0.0950. The molecule has 0 spiro atoms. The second kappa shape index (κ2) is 22.9. The molecule has 0 radical (unpaired) electrons.